The first-order valence-electron chi connectivity index (χ1n) is 10.1. The van der Waals surface area contributed by atoms with Gasteiger partial charge in [-0.1, -0.05) is 36.4 Å². The van der Waals surface area contributed by atoms with Gasteiger partial charge in [0.1, 0.15) is 17.3 Å². The Balaban J connectivity index is 1.34. The normalized spacial score (nSPS) is 13.2. The van der Waals surface area contributed by atoms with E-state index < -0.39 is 0 Å². The van der Waals surface area contributed by atoms with Crippen molar-refractivity contribution in [2.24, 2.45) is 0 Å². The Hall–Kier alpha value is -3.93. The third kappa shape index (κ3) is 3.92. The molecule has 1 aliphatic rings. The average Bonchev–Trinajstić information content (AvgIpc) is 3.19. The van der Waals surface area contributed by atoms with Gasteiger partial charge in [0.25, 0.3) is 0 Å². The summed E-state index contributed by atoms with van der Waals surface area (Å²) in [6, 6.07) is 23.8. The fourth-order valence-corrected chi connectivity index (χ4v) is 3.79. The molecule has 0 saturated heterocycles. The van der Waals surface area contributed by atoms with Crippen molar-refractivity contribution in [3.05, 3.63) is 102 Å². The molecule has 1 aromatic heterocycles. The van der Waals surface area contributed by atoms with E-state index >= 15 is 0 Å². The fourth-order valence-electron chi connectivity index (χ4n) is 3.79. The minimum Gasteiger partial charge on any atom is -0.457 e. The largest absolute Gasteiger partial charge is 0.457 e. The number of aromatic amines is 1. The molecule has 0 atom stereocenters. The summed E-state index contributed by atoms with van der Waals surface area (Å²) >= 11 is 0. The molecule has 4 aromatic rings. The third-order valence-electron chi connectivity index (χ3n) is 5.41. The molecule has 1 N–H and O–H groups in total. The van der Waals surface area contributed by atoms with Gasteiger partial charge in [-0.05, 0) is 42.5 Å². The molecule has 0 unspecified atom stereocenters. The van der Waals surface area contributed by atoms with E-state index in [4.69, 9.17) is 4.74 Å². The summed E-state index contributed by atoms with van der Waals surface area (Å²) in [5.74, 6) is 1.16. The second-order valence-electron chi connectivity index (χ2n) is 7.49. The first kappa shape index (κ1) is 19.1. The number of halogens is 1. The summed E-state index contributed by atoms with van der Waals surface area (Å²) < 4.78 is 19.8. The minimum absolute atomic E-state index is 0.0394. The average molecular weight is 413 g/mol. The molecule has 5 nitrogen and oxygen atoms in total. The summed E-state index contributed by atoms with van der Waals surface area (Å²) in [7, 11) is 0. The van der Waals surface area contributed by atoms with Crippen molar-refractivity contribution in [1.29, 1.82) is 0 Å². The zero-order chi connectivity index (χ0) is 21.2. The topological polar surface area (TPSA) is 58.2 Å². The van der Waals surface area contributed by atoms with Crippen molar-refractivity contribution in [2.45, 2.75) is 19.5 Å². The van der Waals surface area contributed by atoms with Gasteiger partial charge in [0, 0.05) is 23.2 Å². The summed E-state index contributed by atoms with van der Waals surface area (Å²) in [5.41, 5.74) is 3.96. The van der Waals surface area contributed by atoms with Gasteiger partial charge in [-0.2, -0.15) is 5.10 Å². The standard InChI is InChI=1S/C25H20FN3O2/c26-22-9-5-4-6-18(22)15-29-16-23-21(14-24(29)30)25(28-27-23)17-10-12-20(13-11-17)31-19-7-2-1-3-8-19/h1-13H,14-16H2,(H,27,28). The summed E-state index contributed by atoms with van der Waals surface area (Å²) in [6.45, 7) is 0.621. The number of benzene rings is 3. The van der Waals surface area contributed by atoms with Crippen LogP contribution in [0.1, 0.15) is 16.8 Å². The fraction of sp³-hybridized carbons (Fsp3) is 0.120. The number of nitrogens with one attached hydrogen (secondary N) is 1. The highest BCUT2D eigenvalue weighted by Gasteiger charge is 2.28. The lowest BCUT2D eigenvalue weighted by molar-refractivity contribution is -0.132. The number of carbonyl (C=O) groups excluding carboxylic acids is 1. The van der Waals surface area contributed by atoms with Gasteiger partial charge in [0.2, 0.25) is 5.91 Å². The molecule has 0 fully saturated rings. The van der Waals surface area contributed by atoms with Crippen LogP contribution < -0.4 is 4.74 Å². The highest BCUT2D eigenvalue weighted by molar-refractivity contribution is 5.83. The first-order valence-corrected chi connectivity index (χ1v) is 10.1. The Bertz CT molecular complexity index is 1220. The number of para-hydroxylation sites is 1. The molecule has 1 aliphatic heterocycles. The molecule has 3 aromatic carbocycles. The first-order chi connectivity index (χ1) is 15.2. The lowest BCUT2D eigenvalue weighted by Gasteiger charge is -2.27. The summed E-state index contributed by atoms with van der Waals surface area (Å²) in [4.78, 5) is 14.4. The van der Waals surface area contributed by atoms with E-state index in [9.17, 15) is 9.18 Å². The van der Waals surface area contributed by atoms with Crippen molar-refractivity contribution in [2.75, 3.05) is 0 Å². The molecule has 0 spiro atoms. The SMILES string of the molecule is O=C1Cc2c(-c3ccc(Oc4ccccc4)cc3)n[nH]c2CN1Cc1ccccc1F. The maximum Gasteiger partial charge on any atom is 0.227 e. The zero-order valence-corrected chi connectivity index (χ0v) is 16.7. The van der Waals surface area contributed by atoms with Crippen LogP contribution in [-0.2, 0) is 24.3 Å². The third-order valence-corrected chi connectivity index (χ3v) is 5.41. The van der Waals surface area contributed by atoms with Crippen LogP contribution in [0.3, 0.4) is 0 Å². The van der Waals surface area contributed by atoms with Crippen LogP contribution in [0, 0.1) is 5.82 Å². The van der Waals surface area contributed by atoms with Crippen LogP contribution >= 0.6 is 0 Å². The second-order valence-corrected chi connectivity index (χ2v) is 7.49. The van der Waals surface area contributed by atoms with Gasteiger partial charge in [-0.3, -0.25) is 9.89 Å². The Labute approximate surface area is 179 Å². The molecule has 5 rings (SSSR count). The number of fused-ring (bicyclic) bond motifs is 1. The van der Waals surface area contributed by atoms with Gasteiger partial charge >= 0.3 is 0 Å². The molecule has 6 heteroatoms. The molecule has 0 saturated carbocycles. The van der Waals surface area contributed by atoms with E-state index in [0.717, 1.165) is 34.0 Å². The maximum absolute atomic E-state index is 14.0. The van der Waals surface area contributed by atoms with E-state index in [-0.39, 0.29) is 24.7 Å². The Morgan fingerprint density at radius 1 is 0.935 bits per heavy atom. The lowest BCUT2D eigenvalue weighted by Crippen LogP contribution is -2.35. The number of carbonyl (C=O) groups is 1. The number of hydrogen-bond acceptors (Lipinski definition) is 3. The molecule has 2 heterocycles. The predicted octanol–water partition coefficient (Wildman–Crippen LogP) is 5.09. The molecule has 1 amide bonds. The van der Waals surface area contributed by atoms with Gasteiger partial charge < -0.3 is 9.64 Å². The number of nitrogens with zero attached hydrogens (tertiary/aromatic N) is 2. The molecule has 0 bridgehead atoms. The van der Waals surface area contributed by atoms with Gasteiger partial charge in [-0.25, -0.2) is 4.39 Å². The molecule has 0 aliphatic carbocycles. The van der Waals surface area contributed by atoms with Crippen molar-refractivity contribution >= 4 is 5.91 Å². The zero-order valence-electron chi connectivity index (χ0n) is 16.7. The lowest BCUT2D eigenvalue weighted by atomic mass is 9.99. The van der Waals surface area contributed by atoms with E-state index in [1.54, 1.807) is 23.1 Å². The van der Waals surface area contributed by atoms with Gasteiger partial charge in [-0.15, -0.1) is 0 Å². The van der Waals surface area contributed by atoms with Crippen molar-refractivity contribution in [3.63, 3.8) is 0 Å². The van der Waals surface area contributed by atoms with Crippen LogP contribution in [-0.4, -0.2) is 21.0 Å². The van der Waals surface area contributed by atoms with Crippen LogP contribution in [0.5, 0.6) is 11.5 Å². The number of H-pyrrole nitrogens is 1. The minimum atomic E-state index is -0.302. The van der Waals surface area contributed by atoms with Gasteiger partial charge in [0.05, 0.1) is 24.4 Å². The molecule has 0 radical (unpaired) electrons. The summed E-state index contributed by atoms with van der Waals surface area (Å²) in [6.07, 6.45) is 0.234. The quantitative estimate of drug-likeness (QED) is 0.496. The number of amides is 1. The van der Waals surface area contributed by atoms with Crippen molar-refractivity contribution in [3.8, 4) is 22.8 Å². The van der Waals surface area contributed by atoms with Crippen LogP contribution in [0.2, 0.25) is 0 Å². The van der Waals surface area contributed by atoms with E-state index in [1.165, 1.54) is 6.07 Å². The highest BCUT2D eigenvalue weighted by atomic mass is 19.1. The van der Waals surface area contributed by atoms with Crippen LogP contribution in [0.4, 0.5) is 4.39 Å². The van der Waals surface area contributed by atoms with Gasteiger partial charge in [0.15, 0.2) is 0 Å². The monoisotopic (exact) mass is 413 g/mol. The van der Waals surface area contributed by atoms with E-state index in [1.807, 2.05) is 54.6 Å². The second kappa shape index (κ2) is 8.07. The van der Waals surface area contributed by atoms with Crippen LogP contribution in [0.25, 0.3) is 11.3 Å². The number of ether oxygens (including phenoxy) is 1. The molecular weight excluding hydrogens is 393 g/mol. The van der Waals surface area contributed by atoms with Crippen LogP contribution in [0.15, 0.2) is 78.9 Å². The van der Waals surface area contributed by atoms with Crippen molar-refractivity contribution in [1.82, 2.24) is 15.1 Å². The predicted molar refractivity (Wildman–Crippen MR) is 115 cm³/mol. The maximum atomic E-state index is 14.0. The highest BCUT2D eigenvalue weighted by Crippen LogP contribution is 2.31. The molecule has 31 heavy (non-hydrogen) atoms. The molecular formula is C25H20FN3O2. The Morgan fingerprint density at radius 2 is 1.65 bits per heavy atom. The van der Waals surface area contributed by atoms with E-state index in [2.05, 4.69) is 10.2 Å². The van der Waals surface area contributed by atoms with Crippen molar-refractivity contribution < 1.29 is 13.9 Å². The number of rotatable bonds is 5. The number of hydrogen-bond donors (Lipinski definition) is 1. The number of aromatic nitrogens is 2. The summed E-state index contributed by atoms with van der Waals surface area (Å²) in [5, 5.41) is 7.52. The van der Waals surface area contributed by atoms with E-state index in [0.29, 0.717) is 12.1 Å². The Kier molecular flexibility index (Phi) is 4.96. The smallest absolute Gasteiger partial charge is 0.227 e. The molecule has 154 valence electrons. The Morgan fingerprint density at radius 3 is 2.42 bits per heavy atom.